The highest BCUT2D eigenvalue weighted by atomic mass is 32.1. The summed E-state index contributed by atoms with van der Waals surface area (Å²) in [6, 6.07) is 0. The number of carbonyl (C=O) groups excluding carboxylic acids is 1. The number of hydrogen-bond acceptors (Lipinski definition) is 8. The number of carbonyl (C=O) groups is 1. The minimum absolute atomic E-state index is 0.0689. The first-order valence-electron chi connectivity index (χ1n) is 10.4. The Kier molecular flexibility index (Phi) is 5.00. The minimum Gasteiger partial charge on any atom is -0.347 e. The molecule has 0 atom stereocenters. The molecule has 3 aliphatic rings. The van der Waals surface area contributed by atoms with Gasteiger partial charge in [-0.2, -0.15) is 4.52 Å². The summed E-state index contributed by atoms with van der Waals surface area (Å²) in [6.45, 7) is 4.08. The maximum absolute atomic E-state index is 13.0. The van der Waals surface area contributed by atoms with E-state index in [-0.39, 0.29) is 11.5 Å². The first-order chi connectivity index (χ1) is 14.2. The molecule has 3 fully saturated rings. The molecule has 156 valence electrons. The van der Waals surface area contributed by atoms with E-state index in [1.54, 1.807) is 4.90 Å². The van der Waals surface area contributed by atoms with Crippen LogP contribution in [0, 0.1) is 0 Å². The zero-order chi connectivity index (χ0) is 19.8. The van der Waals surface area contributed by atoms with Crippen LogP contribution in [-0.2, 0) is 9.47 Å². The lowest BCUT2D eigenvalue weighted by Gasteiger charge is -2.37. The number of amides is 1. The van der Waals surface area contributed by atoms with E-state index in [1.165, 1.54) is 34.9 Å². The molecule has 0 unspecified atom stereocenters. The molecule has 0 radical (unpaired) electrons. The Hall–Kier alpha value is -2.04. The molecule has 2 aromatic rings. The van der Waals surface area contributed by atoms with Crippen LogP contribution in [0.3, 0.4) is 0 Å². The van der Waals surface area contributed by atoms with Crippen molar-refractivity contribution in [3.63, 3.8) is 0 Å². The molecule has 2 aromatic heterocycles. The zero-order valence-electron chi connectivity index (χ0n) is 16.3. The second-order valence-corrected chi connectivity index (χ2v) is 8.79. The maximum Gasteiger partial charge on any atom is 0.288 e. The maximum atomic E-state index is 13.0. The molecule has 10 heteroatoms. The highest BCUT2D eigenvalue weighted by molar-refractivity contribution is 7.20. The van der Waals surface area contributed by atoms with Gasteiger partial charge in [-0.15, -0.1) is 5.10 Å². The molecule has 1 amide bonds. The summed E-state index contributed by atoms with van der Waals surface area (Å²) in [7, 11) is 0. The van der Waals surface area contributed by atoms with Crippen LogP contribution in [0.25, 0.3) is 4.96 Å². The number of fused-ring (bicyclic) bond motifs is 1. The molecule has 9 nitrogen and oxygen atoms in total. The van der Waals surface area contributed by atoms with E-state index < -0.39 is 11.3 Å². The normalized spacial score (nSPS) is 22.3. The predicted molar refractivity (Wildman–Crippen MR) is 108 cm³/mol. The lowest BCUT2D eigenvalue weighted by atomic mass is 10.0. The minimum atomic E-state index is -0.551. The molecule has 0 aliphatic carbocycles. The van der Waals surface area contributed by atoms with Crippen molar-refractivity contribution in [2.75, 3.05) is 44.3 Å². The van der Waals surface area contributed by atoms with Crippen LogP contribution in [0.4, 0.5) is 5.13 Å². The number of ether oxygens (including phenoxy) is 2. The third kappa shape index (κ3) is 3.53. The van der Waals surface area contributed by atoms with Gasteiger partial charge in [-0.3, -0.25) is 9.59 Å². The van der Waals surface area contributed by atoms with Crippen LogP contribution < -0.4 is 10.5 Å². The van der Waals surface area contributed by atoms with E-state index in [1.807, 2.05) is 0 Å². The van der Waals surface area contributed by atoms with Gasteiger partial charge in [0.15, 0.2) is 5.79 Å². The number of nitrogens with zero attached hydrogens (tertiary/aromatic N) is 5. The second-order valence-electron chi connectivity index (χ2n) is 7.86. The first-order valence-corrected chi connectivity index (χ1v) is 11.2. The summed E-state index contributed by atoms with van der Waals surface area (Å²) < 4.78 is 12.7. The number of likely N-dealkylation sites (tertiary alicyclic amines) is 1. The van der Waals surface area contributed by atoms with Gasteiger partial charge >= 0.3 is 0 Å². The molecule has 3 saturated heterocycles. The highest BCUT2D eigenvalue weighted by Gasteiger charge is 2.41. The van der Waals surface area contributed by atoms with Crippen LogP contribution in [0.15, 0.2) is 11.0 Å². The number of hydrogen-bond donors (Lipinski definition) is 0. The Labute approximate surface area is 172 Å². The largest absolute Gasteiger partial charge is 0.347 e. The molecule has 5 rings (SSSR count). The quantitative estimate of drug-likeness (QED) is 0.729. The van der Waals surface area contributed by atoms with E-state index in [4.69, 9.17) is 9.47 Å². The van der Waals surface area contributed by atoms with Crippen LogP contribution in [0.2, 0.25) is 0 Å². The van der Waals surface area contributed by atoms with Crippen molar-refractivity contribution in [1.29, 1.82) is 0 Å². The summed E-state index contributed by atoms with van der Waals surface area (Å²) in [5, 5.41) is 5.30. The predicted octanol–water partition coefficient (Wildman–Crippen LogP) is 1.51. The number of anilines is 1. The van der Waals surface area contributed by atoms with Crippen molar-refractivity contribution in [3.05, 3.63) is 22.1 Å². The summed E-state index contributed by atoms with van der Waals surface area (Å²) in [5.74, 6) is -0.848. The van der Waals surface area contributed by atoms with Crippen LogP contribution in [0.5, 0.6) is 0 Å². The fourth-order valence-electron chi connectivity index (χ4n) is 4.32. The lowest BCUT2D eigenvalue weighted by molar-refractivity contribution is -0.181. The van der Waals surface area contributed by atoms with Crippen LogP contribution >= 0.6 is 11.3 Å². The number of rotatable bonds is 2. The molecule has 3 aliphatic heterocycles. The Morgan fingerprint density at radius 3 is 2.41 bits per heavy atom. The topological polar surface area (TPSA) is 89.3 Å². The SMILES string of the molecule is O=C(c1cnc2sc(N3CCCCCC3)nn2c1=O)N1CCC2(CC1)OCCO2. The van der Waals surface area contributed by atoms with Crippen molar-refractivity contribution in [2.24, 2.45) is 0 Å². The van der Waals surface area contributed by atoms with E-state index in [2.05, 4.69) is 15.0 Å². The summed E-state index contributed by atoms with van der Waals surface area (Å²) >= 11 is 1.40. The molecule has 0 N–H and O–H groups in total. The summed E-state index contributed by atoms with van der Waals surface area (Å²) in [5.41, 5.74) is -0.328. The Morgan fingerprint density at radius 2 is 1.72 bits per heavy atom. The van der Waals surface area contributed by atoms with Gasteiger partial charge in [0.05, 0.1) is 13.2 Å². The molecular weight excluding hydrogens is 394 g/mol. The van der Waals surface area contributed by atoms with Crippen LogP contribution in [-0.4, -0.2) is 70.6 Å². The number of piperidine rings is 1. The van der Waals surface area contributed by atoms with Crippen molar-refractivity contribution < 1.29 is 14.3 Å². The summed E-state index contributed by atoms with van der Waals surface area (Å²) in [6.07, 6.45) is 7.35. The van der Waals surface area contributed by atoms with Crippen LogP contribution in [0.1, 0.15) is 48.9 Å². The molecule has 5 heterocycles. The van der Waals surface area contributed by atoms with Gasteiger partial charge in [0.2, 0.25) is 10.1 Å². The third-order valence-corrected chi connectivity index (χ3v) is 6.99. The van der Waals surface area contributed by atoms with Gasteiger partial charge in [0, 0.05) is 45.2 Å². The van der Waals surface area contributed by atoms with Gasteiger partial charge in [-0.1, -0.05) is 24.2 Å². The molecular formula is C19H25N5O4S. The van der Waals surface area contributed by atoms with Gasteiger partial charge in [0.1, 0.15) is 5.56 Å². The van der Waals surface area contributed by atoms with Crippen molar-refractivity contribution in [3.8, 4) is 0 Å². The molecule has 0 saturated carbocycles. The molecule has 0 aromatic carbocycles. The van der Waals surface area contributed by atoms with E-state index in [9.17, 15) is 9.59 Å². The van der Waals surface area contributed by atoms with Crippen molar-refractivity contribution in [2.45, 2.75) is 44.3 Å². The zero-order valence-corrected chi connectivity index (χ0v) is 17.2. The second kappa shape index (κ2) is 7.66. The fourth-order valence-corrected chi connectivity index (χ4v) is 5.23. The van der Waals surface area contributed by atoms with E-state index >= 15 is 0 Å². The molecule has 29 heavy (non-hydrogen) atoms. The standard InChI is InChI=1S/C19H25N5O4S/c25-15(22-9-5-19(6-10-22)27-11-12-28-19)14-13-20-17-24(16(14)26)21-18(29-17)23-7-3-1-2-4-8-23/h13H,1-12H2. The average Bonchev–Trinajstić information content (AvgIpc) is 3.28. The Balaban J connectivity index is 1.37. The van der Waals surface area contributed by atoms with Gasteiger partial charge < -0.3 is 19.3 Å². The van der Waals surface area contributed by atoms with Gasteiger partial charge in [-0.25, -0.2) is 4.98 Å². The smallest absolute Gasteiger partial charge is 0.288 e. The third-order valence-electron chi connectivity index (χ3n) is 6.01. The molecule has 1 spiro atoms. The van der Waals surface area contributed by atoms with Gasteiger partial charge in [0.25, 0.3) is 11.5 Å². The lowest BCUT2D eigenvalue weighted by Crippen LogP contribution is -2.48. The Bertz CT molecular complexity index is 949. The summed E-state index contributed by atoms with van der Waals surface area (Å²) in [4.78, 5) is 34.7. The van der Waals surface area contributed by atoms with E-state index in [0.717, 1.165) is 31.1 Å². The van der Waals surface area contributed by atoms with Gasteiger partial charge in [-0.05, 0) is 12.8 Å². The average molecular weight is 420 g/mol. The first kappa shape index (κ1) is 19.0. The monoisotopic (exact) mass is 419 g/mol. The molecule has 0 bridgehead atoms. The highest BCUT2D eigenvalue weighted by Crippen LogP contribution is 2.31. The number of aromatic nitrogens is 3. The van der Waals surface area contributed by atoms with Crippen molar-refractivity contribution >= 4 is 27.3 Å². The Morgan fingerprint density at radius 1 is 1.03 bits per heavy atom. The van der Waals surface area contributed by atoms with E-state index in [0.29, 0.717) is 44.1 Å². The fraction of sp³-hybridized carbons (Fsp3) is 0.684. The van der Waals surface area contributed by atoms with Crippen molar-refractivity contribution in [1.82, 2.24) is 19.5 Å².